The summed E-state index contributed by atoms with van der Waals surface area (Å²) in [6.45, 7) is 18.4. The molecule has 3 nitrogen and oxygen atoms in total. The second-order valence-corrected chi connectivity index (χ2v) is 14.6. The van der Waals surface area contributed by atoms with E-state index in [-0.39, 0.29) is 33.7 Å². The number of aliphatic hydroxyl groups excluding tert-OH is 2. The van der Waals surface area contributed by atoms with Crippen molar-refractivity contribution in [2.24, 2.45) is 51.2 Å². The van der Waals surface area contributed by atoms with Gasteiger partial charge in [0.25, 0.3) is 0 Å². The first-order valence-electron chi connectivity index (χ1n) is 13.9. The first kappa shape index (κ1) is 25.7. The fourth-order valence-corrected chi connectivity index (χ4v) is 10.3. The lowest BCUT2D eigenvalue weighted by Crippen LogP contribution is -2.64. The summed E-state index contributed by atoms with van der Waals surface area (Å²) in [5.41, 5.74) is -0.459. The van der Waals surface area contributed by atoms with Gasteiger partial charge in [0.1, 0.15) is 0 Å². The Morgan fingerprint density at radius 3 is 2.21 bits per heavy atom. The normalized spacial score (nSPS) is 51.2. The van der Waals surface area contributed by atoms with Gasteiger partial charge in [-0.1, -0.05) is 60.6 Å². The molecule has 3 heteroatoms. The molecule has 33 heavy (non-hydrogen) atoms. The van der Waals surface area contributed by atoms with Gasteiger partial charge in [-0.15, -0.1) is 0 Å². The Kier molecular flexibility index (Phi) is 6.28. The van der Waals surface area contributed by atoms with Gasteiger partial charge in [0.2, 0.25) is 0 Å². The molecular weight excluding hydrogens is 408 g/mol. The summed E-state index contributed by atoms with van der Waals surface area (Å²) in [7, 11) is 0. The Labute approximate surface area is 203 Å². The van der Waals surface area contributed by atoms with Crippen molar-refractivity contribution < 1.29 is 15.3 Å². The van der Waals surface area contributed by atoms with Crippen LogP contribution in [0.15, 0.2) is 12.2 Å². The van der Waals surface area contributed by atoms with E-state index in [9.17, 15) is 15.3 Å². The first-order valence-corrected chi connectivity index (χ1v) is 13.9. The molecule has 10 atom stereocenters. The topological polar surface area (TPSA) is 60.7 Å². The minimum atomic E-state index is -0.880. The molecule has 0 heterocycles. The van der Waals surface area contributed by atoms with E-state index in [2.05, 4.69) is 60.6 Å². The highest BCUT2D eigenvalue weighted by molar-refractivity contribution is 5.20. The van der Waals surface area contributed by atoms with Crippen molar-refractivity contribution in [1.82, 2.24) is 0 Å². The Hall–Kier alpha value is -0.380. The van der Waals surface area contributed by atoms with Crippen LogP contribution in [0.3, 0.4) is 0 Å². The standard InChI is InChI=1S/C30H52O3/c1-19(2)10-9-15-30(8,33)25-20-11-12-23-27(5)16-14-24(32)26(3,4)22(27)13-17-28(23,6)29(20,7)18-21(25)31/h9-10,19-25,31-33H,11-18H2,1-8H3/b10-9+/t20-,21+,22+,23-,24+,25-,27+,28-,29-,30+/m1/s1. The third-order valence-electron chi connectivity index (χ3n) is 12.2. The second-order valence-electron chi connectivity index (χ2n) is 14.6. The number of fused-ring (bicyclic) bond motifs is 5. The SMILES string of the molecule is CC(C)/C=C/C[C@](C)(O)[C@@H]1[C@H]2CC[C@@H]3[C@@]4(C)CC[C@H](O)C(C)(C)[C@@H]4CC[C@@]3(C)[C@]2(C)C[C@@H]1O. The molecule has 0 amide bonds. The van der Waals surface area contributed by atoms with E-state index in [1.807, 2.05) is 6.92 Å². The van der Waals surface area contributed by atoms with Crippen LogP contribution < -0.4 is 0 Å². The molecule has 0 bridgehead atoms. The fraction of sp³-hybridized carbons (Fsp3) is 0.933. The number of hydrogen-bond acceptors (Lipinski definition) is 3. The van der Waals surface area contributed by atoms with Crippen molar-refractivity contribution in [1.29, 1.82) is 0 Å². The van der Waals surface area contributed by atoms with E-state index in [4.69, 9.17) is 0 Å². The molecule has 0 aromatic rings. The number of allylic oxidation sites excluding steroid dienone is 1. The smallest absolute Gasteiger partial charge is 0.0709 e. The predicted octanol–water partition coefficient (Wildman–Crippen LogP) is 6.36. The zero-order valence-corrected chi connectivity index (χ0v) is 22.7. The maximum absolute atomic E-state index is 11.6. The van der Waals surface area contributed by atoms with Gasteiger partial charge < -0.3 is 15.3 Å². The zero-order chi connectivity index (χ0) is 24.6. The van der Waals surface area contributed by atoms with Crippen LogP contribution in [0.25, 0.3) is 0 Å². The molecule has 0 radical (unpaired) electrons. The van der Waals surface area contributed by atoms with Crippen molar-refractivity contribution >= 4 is 0 Å². The van der Waals surface area contributed by atoms with E-state index in [1.165, 1.54) is 19.3 Å². The molecule has 0 unspecified atom stereocenters. The third-order valence-corrected chi connectivity index (χ3v) is 12.2. The van der Waals surface area contributed by atoms with Gasteiger partial charge in [-0.05, 0) is 104 Å². The molecule has 4 aliphatic rings. The van der Waals surface area contributed by atoms with Crippen molar-refractivity contribution in [3.8, 4) is 0 Å². The van der Waals surface area contributed by atoms with Gasteiger partial charge in [-0.25, -0.2) is 0 Å². The maximum Gasteiger partial charge on any atom is 0.0709 e. The lowest BCUT2D eigenvalue weighted by molar-refractivity contribution is -0.224. The number of rotatable bonds is 4. The monoisotopic (exact) mass is 460 g/mol. The molecule has 0 saturated heterocycles. The minimum absolute atomic E-state index is 0.0315. The van der Waals surface area contributed by atoms with E-state index in [1.54, 1.807) is 0 Å². The molecule has 0 aliphatic heterocycles. The van der Waals surface area contributed by atoms with E-state index in [0.717, 1.165) is 25.7 Å². The van der Waals surface area contributed by atoms with Crippen LogP contribution in [0.1, 0.15) is 107 Å². The summed E-state index contributed by atoms with van der Waals surface area (Å²) in [6.07, 6.45) is 11.8. The first-order chi connectivity index (χ1) is 15.1. The zero-order valence-electron chi connectivity index (χ0n) is 22.7. The van der Waals surface area contributed by atoms with Gasteiger partial charge in [0, 0.05) is 5.92 Å². The lowest BCUT2D eigenvalue weighted by Gasteiger charge is -2.69. The number of hydrogen-bond donors (Lipinski definition) is 3. The van der Waals surface area contributed by atoms with Crippen LogP contribution in [0.5, 0.6) is 0 Å². The summed E-state index contributed by atoms with van der Waals surface area (Å²) in [4.78, 5) is 0. The Morgan fingerprint density at radius 1 is 0.909 bits per heavy atom. The van der Waals surface area contributed by atoms with Crippen molar-refractivity contribution in [3.63, 3.8) is 0 Å². The molecule has 0 spiro atoms. The summed E-state index contributed by atoms with van der Waals surface area (Å²) in [5.74, 6) is 1.95. The van der Waals surface area contributed by atoms with Crippen LogP contribution in [0, 0.1) is 51.2 Å². The van der Waals surface area contributed by atoms with Crippen LogP contribution in [-0.2, 0) is 0 Å². The van der Waals surface area contributed by atoms with Gasteiger partial charge in [-0.2, -0.15) is 0 Å². The van der Waals surface area contributed by atoms with Gasteiger partial charge in [0.15, 0.2) is 0 Å². The third kappa shape index (κ3) is 3.61. The summed E-state index contributed by atoms with van der Waals surface area (Å²) >= 11 is 0. The fourth-order valence-electron chi connectivity index (χ4n) is 10.3. The van der Waals surface area contributed by atoms with Crippen LogP contribution in [0.2, 0.25) is 0 Å². The van der Waals surface area contributed by atoms with Crippen LogP contribution in [-0.4, -0.2) is 33.1 Å². The maximum atomic E-state index is 11.6. The molecule has 0 aromatic carbocycles. The molecule has 4 fully saturated rings. The van der Waals surface area contributed by atoms with Gasteiger partial charge >= 0.3 is 0 Å². The van der Waals surface area contributed by atoms with E-state index >= 15 is 0 Å². The van der Waals surface area contributed by atoms with E-state index < -0.39 is 11.7 Å². The largest absolute Gasteiger partial charge is 0.393 e. The molecular formula is C30H52O3. The molecule has 3 N–H and O–H groups in total. The average Bonchev–Trinajstić information content (AvgIpc) is 2.96. The lowest BCUT2D eigenvalue weighted by atomic mass is 9.35. The Morgan fingerprint density at radius 2 is 1.58 bits per heavy atom. The molecule has 4 aliphatic carbocycles. The van der Waals surface area contributed by atoms with Crippen molar-refractivity contribution in [2.75, 3.05) is 0 Å². The summed E-state index contributed by atoms with van der Waals surface area (Å²) in [6, 6.07) is 0. The molecule has 0 aromatic heterocycles. The van der Waals surface area contributed by atoms with Crippen LogP contribution >= 0.6 is 0 Å². The second kappa shape index (κ2) is 8.07. The number of aliphatic hydroxyl groups is 3. The molecule has 4 rings (SSSR count). The highest BCUT2D eigenvalue weighted by Crippen LogP contribution is 2.75. The van der Waals surface area contributed by atoms with Gasteiger partial charge in [-0.3, -0.25) is 0 Å². The summed E-state index contributed by atoms with van der Waals surface area (Å²) < 4.78 is 0. The highest BCUT2D eigenvalue weighted by atomic mass is 16.3. The quantitative estimate of drug-likeness (QED) is 0.428. The van der Waals surface area contributed by atoms with E-state index in [0.29, 0.717) is 30.1 Å². The average molecular weight is 461 g/mol. The predicted molar refractivity (Wildman–Crippen MR) is 136 cm³/mol. The molecule has 4 saturated carbocycles. The van der Waals surface area contributed by atoms with Crippen LogP contribution in [0.4, 0.5) is 0 Å². The Bertz CT molecular complexity index is 769. The van der Waals surface area contributed by atoms with Crippen molar-refractivity contribution in [2.45, 2.75) is 125 Å². The summed E-state index contributed by atoms with van der Waals surface area (Å²) in [5, 5.41) is 33.9. The highest BCUT2D eigenvalue weighted by Gasteiger charge is 2.70. The van der Waals surface area contributed by atoms with Gasteiger partial charge in [0.05, 0.1) is 17.8 Å². The molecule has 190 valence electrons. The minimum Gasteiger partial charge on any atom is -0.393 e. The Balaban J connectivity index is 1.66. The van der Waals surface area contributed by atoms with Crippen molar-refractivity contribution in [3.05, 3.63) is 12.2 Å².